The minimum atomic E-state index is -5.08. The van der Waals surface area contributed by atoms with Gasteiger partial charge in [0.1, 0.15) is 5.75 Å². The number of aromatic nitrogens is 2. The number of aliphatic carboxylic acids is 1. The number of carboxylic acid groups (broad SMARTS) is 1. The average molecular weight is 627 g/mol. The molecule has 10 nitrogen and oxygen atoms in total. The Morgan fingerprint density at radius 3 is 1.95 bits per heavy atom. The molecule has 1 aromatic heterocycles. The summed E-state index contributed by atoms with van der Waals surface area (Å²) in [5, 5.41) is 25.9. The lowest BCUT2D eigenvalue weighted by Crippen LogP contribution is -2.32. The summed E-state index contributed by atoms with van der Waals surface area (Å²) in [4.78, 5) is 36.7. The second kappa shape index (κ2) is 13.1. The third kappa shape index (κ3) is 7.89. The SMILES string of the molecule is CC(C)c1ccc(C(=O)C2=C(O)C(=O)N(c3ccc(CN)nn3)C2c2ccc(OC(F)(F)F)cc2)cc1.O=C(O)C(F)(F)F. The van der Waals surface area contributed by atoms with Crippen LogP contribution in [-0.4, -0.2) is 50.6 Å². The summed E-state index contributed by atoms with van der Waals surface area (Å²) in [6.07, 6.45) is -9.97. The number of carboxylic acids is 1. The van der Waals surface area contributed by atoms with Crippen LogP contribution >= 0.6 is 0 Å². The number of carbonyl (C=O) groups excluding carboxylic acids is 2. The number of nitrogens with zero attached hydrogens (tertiary/aromatic N) is 3. The van der Waals surface area contributed by atoms with Crippen LogP contribution in [-0.2, 0) is 16.1 Å². The first kappa shape index (κ1) is 33.5. The Kier molecular flexibility index (Phi) is 9.99. The molecule has 0 saturated heterocycles. The minimum Gasteiger partial charge on any atom is -0.503 e. The van der Waals surface area contributed by atoms with Crippen LogP contribution < -0.4 is 15.4 Å². The molecule has 3 aromatic rings. The highest BCUT2D eigenvalue weighted by atomic mass is 19.4. The molecule has 1 aliphatic rings. The molecule has 0 fully saturated rings. The van der Waals surface area contributed by atoms with Crippen LogP contribution in [0.1, 0.15) is 53.0 Å². The van der Waals surface area contributed by atoms with Gasteiger partial charge >= 0.3 is 18.5 Å². The molecule has 0 saturated carbocycles. The van der Waals surface area contributed by atoms with Gasteiger partial charge in [-0.1, -0.05) is 50.2 Å². The highest BCUT2D eigenvalue weighted by molar-refractivity contribution is 6.20. The largest absolute Gasteiger partial charge is 0.573 e. The van der Waals surface area contributed by atoms with Gasteiger partial charge < -0.3 is 20.7 Å². The number of carbonyl (C=O) groups is 3. The fourth-order valence-electron chi connectivity index (χ4n) is 4.01. The van der Waals surface area contributed by atoms with Gasteiger partial charge in [-0.05, 0) is 41.3 Å². The standard InChI is InChI=1S/C26H23F3N4O4.C2HF3O2/c1-14(2)15-3-5-17(6-4-15)23(34)21-22(16-7-10-19(11-8-16)37-26(27,28)29)33(25(36)24(21)35)20-12-9-18(13-30)31-32-20;3-2(4,5)1(6)7/h3-12,14,22,35H,13,30H2,1-2H3;(H,6,7). The molecule has 4 N–H and O–H groups in total. The summed E-state index contributed by atoms with van der Waals surface area (Å²) >= 11 is 0. The molecule has 2 heterocycles. The number of nitrogens with two attached hydrogens (primary N) is 1. The normalized spacial score (nSPS) is 15.3. The number of ketones is 1. The Balaban J connectivity index is 0.000000676. The van der Waals surface area contributed by atoms with E-state index in [4.69, 9.17) is 15.6 Å². The fourth-order valence-corrected chi connectivity index (χ4v) is 4.01. The second-order valence-electron chi connectivity index (χ2n) is 9.45. The van der Waals surface area contributed by atoms with Crippen molar-refractivity contribution in [2.45, 2.75) is 44.9 Å². The van der Waals surface area contributed by atoms with Gasteiger partial charge in [-0.3, -0.25) is 14.5 Å². The third-order valence-corrected chi connectivity index (χ3v) is 6.13. The molecule has 16 heteroatoms. The van der Waals surface area contributed by atoms with Crippen LogP contribution in [0.4, 0.5) is 32.2 Å². The zero-order valence-electron chi connectivity index (χ0n) is 22.8. The smallest absolute Gasteiger partial charge is 0.503 e. The zero-order valence-corrected chi connectivity index (χ0v) is 22.8. The molecule has 44 heavy (non-hydrogen) atoms. The maximum atomic E-state index is 13.6. The van der Waals surface area contributed by atoms with Crippen LogP contribution in [0.2, 0.25) is 0 Å². The van der Waals surface area contributed by atoms with Crippen molar-refractivity contribution in [1.29, 1.82) is 0 Å². The van der Waals surface area contributed by atoms with Gasteiger partial charge in [-0.15, -0.1) is 18.3 Å². The van der Waals surface area contributed by atoms with Crippen molar-refractivity contribution in [3.05, 3.63) is 94.4 Å². The lowest BCUT2D eigenvalue weighted by molar-refractivity contribution is -0.274. The monoisotopic (exact) mass is 626 g/mol. The Morgan fingerprint density at radius 2 is 1.52 bits per heavy atom. The molecular weight excluding hydrogens is 602 g/mol. The van der Waals surface area contributed by atoms with Crippen molar-refractivity contribution in [2.75, 3.05) is 4.90 Å². The minimum absolute atomic E-state index is 0.0207. The van der Waals surface area contributed by atoms with Crippen LogP contribution in [0.15, 0.2) is 72.0 Å². The van der Waals surface area contributed by atoms with Crippen LogP contribution in [0.5, 0.6) is 5.75 Å². The van der Waals surface area contributed by atoms with Gasteiger partial charge in [0.15, 0.2) is 17.4 Å². The van der Waals surface area contributed by atoms with E-state index in [1.54, 1.807) is 24.3 Å². The van der Waals surface area contributed by atoms with Gasteiger partial charge in [-0.25, -0.2) is 4.79 Å². The number of amides is 1. The molecule has 1 aliphatic heterocycles. The van der Waals surface area contributed by atoms with Gasteiger partial charge in [0.05, 0.1) is 17.3 Å². The number of hydrogen-bond donors (Lipinski definition) is 3. The first-order chi connectivity index (χ1) is 20.4. The lowest BCUT2D eigenvalue weighted by Gasteiger charge is -2.26. The van der Waals surface area contributed by atoms with Gasteiger partial charge in [0.2, 0.25) is 0 Å². The highest BCUT2D eigenvalue weighted by Gasteiger charge is 2.45. The van der Waals surface area contributed by atoms with Crippen molar-refractivity contribution in [2.24, 2.45) is 5.73 Å². The number of aliphatic hydroxyl groups is 1. The number of benzene rings is 2. The quantitative estimate of drug-likeness (QED) is 0.232. The molecule has 234 valence electrons. The molecule has 1 atom stereocenters. The Hall–Kier alpha value is -4.99. The summed E-state index contributed by atoms with van der Waals surface area (Å²) in [6.45, 7) is 4.10. The fraction of sp³-hybridized carbons (Fsp3) is 0.250. The topological polar surface area (TPSA) is 156 Å². The van der Waals surface area contributed by atoms with E-state index in [-0.39, 0.29) is 35.0 Å². The Labute approximate surface area is 245 Å². The van der Waals surface area contributed by atoms with Gasteiger partial charge in [-0.2, -0.15) is 18.3 Å². The number of ether oxygens (including phenoxy) is 1. The first-order valence-corrected chi connectivity index (χ1v) is 12.5. The van der Waals surface area contributed by atoms with Crippen LogP contribution in [0.25, 0.3) is 0 Å². The van der Waals surface area contributed by atoms with Gasteiger partial charge in [0.25, 0.3) is 5.91 Å². The number of rotatable bonds is 7. The molecule has 0 aliphatic carbocycles. The number of hydrogen-bond acceptors (Lipinski definition) is 8. The lowest BCUT2D eigenvalue weighted by atomic mass is 9.91. The predicted molar refractivity (Wildman–Crippen MR) is 141 cm³/mol. The summed E-state index contributed by atoms with van der Waals surface area (Å²) in [7, 11) is 0. The van der Waals surface area contributed by atoms with E-state index in [1.807, 2.05) is 13.8 Å². The number of Topliss-reactive ketones (excluding diaryl/α,β-unsaturated/α-hetero) is 1. The maximum absolute atomic E-state index is 13.6. The molecule has 0 radical (unpaired) electrons. The maximum Gasteiger partial charge on any atom is 0.573 e. The summed E-state index contributed by atoms with van der Waals surface area (Å²) in [6, 6.07) is 13.2. The average Bonchev–Trinajstić information content (AvgIpc) is 3.22. The zero-order chi connectivity index (χ0) is 33.0. The molecule has 4 rings (SSSR count). The van der Waals surface area contributed by atoms with Crippen molar-refractivity contribution < 1.29 is 55.7 Å². The van der Waals surface area contributed by atoms with E-state index in [0.717, 1.165) is 22.6 Å². The number of anilines is 1. The number of halogens is 6. The Bertz CT molecular complexity index is 1540. The third-order valence-electron chi connectivity index (χ3n) is 6.13. The van der Waals surface area contributed by atoms with Gasteiger partial charge in [0, 0.05) is 12.1 Å². The van der Waals surface area contributed by atoms with E-state index in [2.05, 4.69) is 14.9 Å². The van der Waals surface area contributed by atoms with E-state index < -0.39 is 47.7 Å². The van der Waals surface area contributed by atoms with E-state index in [0.29, 0.717) is 5.69 Å². The first-order valence-electron chi connectivity index (χ1n) is 12.5. The molecule has 0 bridgehead atoms. The molecule has 1 amide bonds. The summed E-state index contributed by atoms with van der Waals surface area (Å²) in [5.41, 5.74) is 7.24. The summed E-state index contributed by atoms with van der Waals surface area (Å²) in [5.74, 6) is -5.30. The molecule has 1 unspecified atom stereocenters. The molecular formula is C28H24F6N4O6. The van der Waals surface area contributed by atoms with E-state index in [1.165, 1.54) is 24.3 Å². The van der Waals surface area contributed by atoms with E-state index >= 15 is 0 Å². The van der Waals surface area contributed by atoms with E-state index in [9.17, 15) is 41.0 Å². The highest BCUT2D eigenvalue weighted by Crippen LogP contribution is 2.42. The summed E-state index contributed by atoms with van der Waals surface area (Å²) < 4.78 is 73.6. The Morgan fingerprint density at radius 1 is 0.955 bits per heavy atom. The number of alkyl halides is 6. The second-order valence-corrected chi connectivity index (χ2v) is 9.45. The van der Waals surface area contributed by atoms with Crippen LogP contribution in [0, 0.1) is 0 Å². The molecule has 0 spiro atoms. The number of aliphatic hydroxyl groups excluding tert-OH is 1. The predicted octanol–water partition coefficient (Wildman–Crippen LogP) is 5.37. The van der Waals surface area contributed by atoms with Crippen molar-refractivity contribution in [3.8, 4) is 5.75 Å². The molecule has 2 aromatic carbocycles. The van der Waals surface area contributed by atoms with Crippen molar-refractivity contribution in [1.82, 2.24) is 10.2 Å². The van der Waals surface area contributed by atoms with Crippen LogP contribution in [0.3, 0.4) is 0 Å². The van der Waals surface area contributed by atoms with Crippen molar-refractivity contribution in [3.63, 3.8) is 0 Å². The van der Waals surface area contributed by atoms with Crippen molar-refractivity contribution >= 4 is 23.5 Å².